The molecule has 0 saturated carbocycles. The summed E-state index contributed by atoms with van der Waals surface area (Å²) in [6.45, 7) is 9.32. The van der Waals surface area contributed by atoms with Gasteiger partial charge >= 0.3 is 17.9 Å². The maximum absolute atomic E-state index is 12.0. The Kier molecular flexibility index (Phi) is 8.64. The van der Waals surface area contributed by atoms with Gasteiger partial charge in [-0.15, -0.1) is 0 Å². The fourth-order valence-corrected chi connectivity index (χ4v) is 2.18. The number of esters is 3. The smallest absolute Gasteiger partial charge is 0.308 e. The first-order valence-electron chi connectivity index (χ1n) is 9.04. The van der Waals surface area contributed by atoms with Crippen LogP contribution in [-0.2, 0) is 33.3 Å². The van der Waals surface area contributed by atoms with E-state index in [0.717, 1.165) is 0 Å². The van der Waals surface area contributed by atoms with Gasteiger partial charge in [0, 0.05) is 0 Å². The number of ether oxygens (including phenoxy) is 4. The fourth-order valence-electron chi connectivity index (χ4n) is 2.18. The molecule has 0 amide bonds. The number of aliphatic hydroxyl groups excluding tert-OH is 2. The lowest BCUT2D eigenvalue weighted by Gasteiger charge is -2.41. The number of hydrogen-bond donors (Lipinski definition) is 2. The molecule has 0 aromatic carbocycles. The van der Waals surface area contributed by atoms with Gasteiger partial charge < -0.3 is 29.2 Å². The fraction of sp³-hybridized carbons (Fsp3) is 0.833. The summed E-state index contributed by atoms with van der Waals surface area (Å²) in [7, 11) is 0. The summed E-state index contributed by atoms with van der Waals surface area (Å²) >= 11 is 0. The third kappa shape index (κ3) is 6.44. The molecule has 0 bridgehead atoms. The Bertz CT molecular complexity index is 529. The zero-order valence-corrected chi connectivity index (χ0v) is 16.6. The van der Waals surface area contributed by atoms with Crippen LogP contribution in [0.15, 0.2) is 0 Å². The predicted molar refractivity (Wildman–Crippen MR) is 92.1 cm³/mol. The molecule has 9 nitrogen and oxygen atoms in total. The first-order chi connectivity index (χ1) is 12.5. The number of aliphatic hydroxyl groups is 2. The van der Waals surface area contributed by atoms with Crippen molar-refractivity contribution in [3.8, 4) is 0 Å². The predicted octanol–water partition coefficient (Wildman–Crippen LogP) is 0.399. The van der Waals surface area contributed by atoms with Crippen LogP contribution in [0.3, 0.4) is 0 Å². The number of carbonyl (C=O) groups excluding carboxylic acids is 3. The Labute approximate surface area is 158 Å². The maximum atomic E-state index is 12.0. The largest absolute Gasteiger partial charge is 0.463 e. The number of carbonyl (C=O) groups is 3. The van der Waals surface area contributed by atoms with Crippen molar-refractivity contribution in [2.45, 2.75) is 72.2 Å². The molecule has 1 saturated heterocycles. The molecule has 0 aliphatic carbocycles. The lowest BCUT2D eigenvalue weighted by molar-refractivity contribution is -0.295. The van der Waals surface area contributed by atoms with E-state index in [1.54, 1.807) is 41.5 Å². The lowest BCUT2D eigenvalue weighted by Crippen LogP contribution is -2.61. The molecule has 0 aromatic heterocycles. The molecule has 0 aromatic rings. The molecule has 1 unspecified atom stereocenters. The molecule has 9 heteroatoms. The van der Waals surface area contributed by atoms with E-state index in [-0.39, 0.29) is 12.5 Å². The molecule has 1 heterocycles. The van der Waals surface area contributed by atoms with Crippen molar-refractivity contribution in [3.05, 3.63) is 0 Å². The molecule has 0 spiro atoms. The highest BCUT2D eigenvalue weighted by molar-refractivity contribution is 5.73. The zero-order valence-electron chi connectivity index (χ0n) is 16.6. The number of rotatable bonds is 7. The molecule has 156 valence electrons. The van der Waals surface area contributed by atoms with Crippen LogP contribution in [0.5, 0.6) is 0 Å². The van der Waals surface area contributed by atoms with Crippen LogP contribution < -0.4 is 0 Å². The standard InChI is InChI=1S/C18H30O9/c1-8(2)15(20)24-7-11-12(19)13(26-16(21)9(3)4)14(18(23)25-11)27-17(22)10(5)6/h8-14,18-19,23H,7H2,1-6H3/t11-,12-,13+,14-,18?/m1/s1. The van der Waals surface area contributed by atoms with Gasteiger partial charge in [0.15, 0.2) is 18.5 Å². The van der Waals surface area contributed by atoms with Crippen LogP contribution in [0.25, 0.3) is 0 Å². The van der Waals surface area contributed by atoms with E-state index in [0.29, 0.717) is 0 Å². The topological polar surface area (TPSA) is 129 Å². The molecule has 0 radical (unpaired) electrons. The molecule has 1 aliphatic rings. The quantitative estimate of drug-likeness (QED) is 0.469. The van der Waals surface area contributed by atoms with Gasteiger partial charge in [0.05, 0.1) is 17.8 Å². The third-order valence-electron chi connectivity index (χ3n) is 3.95. The molecule has 1 rings (SSSR count). The van der Waals surface area contributed by atoms with Crippen molar-refractivity contribution >= 4 is 17.9 Å². The van der Waals surface area contributed by atoms with Crippen molar-refractivity contribution in [1.29, 1.82) is 0 Å². The second-order valence-corrected chi connectivity index (χ2v) is 7.45. The molecule has 27 heavy (non-hydrogen) atoms. The van der Waals surface area contributed by atoms with E-state index < -0.39 is 60.4 Å². The summed E-state index contributed by atoms with van der Waals surface area (Å²) < 4.78 is 20.7. The van der Waals surface area contributed by atoms with Crippen LogP contribution in [0, 0.1) is 17.8 Å². The van der Waals surface area contributed by atoms with Crippen molar-refractivity contribution in [3.63, 3.8) is 0 Å². The molecule has 1 aliphatic heterocycles. The first-order valence-corrected chi connectivity index (χ1v) is 9.04. The van der Waals surface area contributed by atoms with Crippen LogP contribution in [0.2, 0.25) is 0 Å². The minimum Gasteiger partial charge on any atom is -0.463 e. The third-order valence-corrected chi connectivity index (χ3v) is 3.95. The second kappa shape index (κ2) is 10.0. The highest BCUT2D eigenvalue weighted by Crippen LogP contribution is 2.27. The average Bonchev–Trinajstić information content (AvgIpc) is 2.58. The maximum Gasteiger partial charge on any atom is 0.308 e. The summed E-state index contributed by atoms with van der Waals surface area (Å²) in [6.07, 6.45) is -7.06. The van der Waals surface area contributed by atoms with Gasteiger partial charge in [-0.3, -0.25) is 14.4 Å². The van der Waals surface area contributed by atoms with Gasteiger partial charge in [0.2, 0.25) is 0 Å². The van der Waals surface area contributed by atoms with Crippen LogP contribution in [0.4, 0.5) is 0 Å². The Hall–Kier alpha value is -1.71. The minimum atomic E-state index is -1.66. The van der Waals surface area contributed by atoms with Crippen LogP contribution >= 0.6 is 0 Å². The van der Waals surface area contributed by atoms with Crippen molar-refractivity contribution in [1.82, 2.24) is 0 Å². The Morgan fingerprint density at radius 1 is 0.815 bits per heavy atom. The second-order valence-electron chi connectivity index (χ2n) is 7.45. The Morgan fingerprint density at radius 3 is 1.70 bits per heavy atom. The normalized spacial score (nSPS) is 28.3. The summed E-state index contributed by atoms with van der Waals surface area (Å²) in [5.74, 6) is -3.19. The van der Waals surface area contributed by atoms with Crippen LogP contribution in [0.1, 0.15) is 41.5 Å². The van der Waals surface area contributed by atoms with E-state index in [9.17, 15) is 24.6 Å². The van der Waals surface area contributed by atoms with Crippen molar-refractivity contribution < 1.29 is 43.5 Å². The Balaban J connectivity index is 2.97. The molecule has 2 N–H and O–H groups in total. The zero-order chi connectivity index (χ0) is 20.9. The summed E-state index contributed by atoms with van der Waals surface area (Å²) in [6, 6.07) is 0. The van der Waals surface area contributed by atoms with Gasteiger partial charge in [0.25, 0.3) is 0 Å². The molecular weight excluding hydrogens is 360 g/mol. The van der Waals surface area contributed by atoms with E-state index >= 15 is 0 Å². The summed E-state index contributed by atoms with van der Waals surface area (Å²) in [5.41, 5.74) is 0. The SMILES string of the molecule is CC(C)C(=O)OC[C@H]1OC(O)[C@H](OC(=O)C(C)C)[C@@H](OC(=O)C(C)C)[C@@H]1O. The van der Waals surface area contributed by atoms with E-state index in [1.165, 1.54) is 0 Å². The van der Waals surface area contributed by atoms with Crippen molar-refractivity contribution in [2.75, 3.05) is 6.61 Å². The lowest BCUT2D eigenvalue weighted by atomic mass is 9.98. The monoisotopic (exact) mass is 390 g/mol. The highest BCUT2D eigenvalue weighted by Gasteiger charge is 2.50. The average molecular weight is 390 g/mol. The summed E-state index contributed by atoms with van der Waals surface area (Å²) in [4.78, 5) is 35.6. The van der Waals surface area contributed by atoms with E-state index in [1.807, 2.05) is 0 Å². The van der Waals surface area contributed by atoms with Crippen LogP contribution in [-0.4, -0.2) is 65.4 Å². The Morgan fingerprint density at radius 2 is 1.26 bits per heavy atom. The van der Waals surface area contributed by atoms with Gasteiger partial charge in [-0.1, -0.05) is 41.5 Å². The molecule has 1 fully saturated rings. The van der Waals surface area contributed by atoms with Gasteiger partial charge in [-0.25, -0.2) is 0 Å². The van der Waals surface area contributed by atoms with Gasteiger partial charge in [0.1, 0.15) is 18.8 Å². The van der Waals surface area contributed by atoms with E-state index in [2.05, 4.69) is 0 Å². The highest BCUT2D eigenvalue weighted by atomic mass is 16.7. The first kappa shape index (κ1) is 23.3. The van der Waals surface area contributed by atoms with E-state index in [4.69, 9.17) is 18.9 Å². The molecule has 5 atom stereocenters. The minimum absolute atomic E-state index is 0.351. The number of hydrogen-bond acceptors (Lipinski definition) is 9. The van der Waals surface area contributed by atoms with Gasteiger partial charge in [-0.2, -0.15) is 0 Å². The molecular formula is C18H30O9. The van der Waals surface area contributed by atoms with Crippen molar-refractivity contribution in [2.24, 2.45) is 17.8 Å². The van der Waals surface area contributed by atoms with Gasteiger partial charge in [-0.05, 0) is 0 Å². The summed E-state index contributed by atoms with van der Waals surface area (Å²) in [5, 5.41) is 20.8.